The highest BCUT2D eigenvalue weighted by atomic mass is 35.5. The first kappa shape index (κ1) is 20.5. The Morgan fingerprint density at radius 3 is 2.70 bits per heavy atom. The molecule has 3 heterocycles. The molecule has 0 atom stereocenters. The number of benzene rings is 2. The molecule has 1 N–H and O–H groups in total. The number of hydrogen-bond donors (Lipinski definition) is 1. The average molecular weight is 427 g/mol. The second kappa shape index (κ2) is 8.56. The van der Waals surface area contributed by atoms with Gasteiger partial charge in [-0.2, -0.15) is 4.98 Å². The molecule has 6 nitrogen and oxygen atoms in total. The van der Waals surface area contributed by atoms with Gasteiger partial charge in [-0.3, -0.25) is 0 Å². The highest BCUT2D eigenvalue weighted by Gasteiger charge is 2.20. The Morgan fingerprint density at radius 1 is 1.07 bits per heavy atom. The zero-order chi connectivity index (χ0) is 19.8. The van der Waals surface area contributed by atoms with E-state index in [1.807, 2.05) is 36.4 Å². The maximum atomic E-state index is 6.25. The van der Waals surface area contributed by atoms with Crippen LogP contribution >= 0.6 is 11.6 Å². The maximum Gasteiger partial charge on any atom is 0.231 e. The summed E-state index contributed by atoms with van der Waals surface area (Å²) in [6.45, 7) is 5.17. The zero-order valence-corrected chi connectivity index (χ0v) is 17.1. The molecule has 0 radical (unpaired) electrons. The van der Waals surface area contributed by atoms with Crippen molar-refractivity contribution in [1.82, 2.24) is 9.97 Å². The van der Waals surface area contributed by atoms with Crippen LogP contribution in [0.5, 0.6) is 11.5 Å². The predicted octanol–water partition coefficient (Wildman–Crippen LogP) is 5.50. The molecule has 0 amide bonds. The first-order chi connectivity index (χ1) is 14.2. The van der Waals surface area contributed by atoms with E-state index >= 15 is 0 Å². The highest BCUT2D eigenvalue weighted by Crippen LogP contribution is 2.33. The molecule has 1 fully saturated rings. The van der Waals surface area contributed by atoms with Crippen LogP contribution in [-0.4, -0.2) is 29.9 Å². The minimum absolute atomic E-state index is 0. The molecule has 0 unspecified atom stereocenters. The normalized spacial score (nSPS) is 15.9. The molecule has 3 aromatic rings. The van der Waals surface area contributed by atoms with Gasteiger partial charge in [-0.15, -0.1) is 0 Å². The molecule has 2 aromatic carbocycles. The van der Waals surface area contributed by atoms with Crippen molar-refractivity contribution in [3.8, 4) is 11.5 Å². The largest absolute Gasteiger partial charge is 0.454 e. The van der Waals surface area contributed by atoms with E-state index < -0.39 is 0 Å². The van der Waals surface area contributed by atoms with Crippen LogP contribution in [0.15, 0.2) is 36.4 Å². The Labute approximate surface area is 182 Å². The van der Waals surface area contributed by atoms with Crippen molar-refractivity contribution < 1.29 is 9.47 Å². The van der Waals surface area contributed by atoms with Crippen LogP contribution in [0.2, 0.25) is 5.02 Å². The molecule has 5 rings (SSSR count). The monoisotopic (exact) mass is 426 g/mol. The van der Waals surface area contributed by atoms with Gasteiger partial charge in [0.2, 0.25) is 12.7 Å². The Hall–Kier alpha value is -2.73. The lowest BCUT2D eigenvalue weighted by Gasteiger charge is -2.30. The van der Waals surface area contributed by atoms with E-state index in [0.717, 1.165) is 58.7 Å². The third-order valence-electron chi connectivity index (χ3n) is 5.61. The fraction of sp³-hybridized carbons (Fsp3) is 0.391. The lowest BCUT2D eigenvalue weighted by molar-refractivity contribution is 0.174. The summed E-state index contributed by atoms with van der Waals surface area (Å²) in [5.74, 6) is 3.90. The standard InChI is InChI=1S/C22H23ClN4O2.CH4/c1-14-6-8-27(9-7-14)22-25-18-4-3-16(23)11-17(18)21(26-22)24-12-15-2-5-19-20(10-15)29-13-28-19;/h2-5,10-11,14H,6-9,12-13H2,1H3,(H,24,25,26);1H4. The number of piperidine rings is 1. The topological polar surface area (TPSA) is 59.5 Å². The van der Waals surface area contributed by atoms with Crippen LogP contribution in [0.3, 0.4) is 0 Å². The van der Waals surface area contributed by atoms with Crippen LogP contribution in [0.1, 0.15) is 32.8 Å². The van der Waals surface area contributed by atoms with Crippen molar-refractivity contribution in [2.45, 2.75) is 33.7 Å². The van der Waals surface area contributed by atoms with Crippen molar-refractivity contribution in [1.29, 1.82) is 0 Å². The second-order valence-corrected chi connectivity index (χ2v) is 8.18. The lowest BCUT2D eigenvalue weighted by Crippen LogP contribution is -2.34. The van der Waals surface area contributed by atoms with Gasteiger partial charge < -0.3 is 19.7 Å². The Balaban J connectivity index is 0.00000218. The van der Waals surface area contributed by atoms with Crippen LogP contribution in [0.25, 0.3) is 10.9 Å². The molecular weight excluding hydrogens is 400 g/mol. The molecule has 2 aliphatic heterocycles. The summed E-state index contributed by atoms with van der Waals surface area (Å²) in [6, 6.07) is 11.7. The summed E-state index contributed by atoms with van der Waals surface area (Å²) < 4.78 is 10.9. The summed E-state index contributed by atoms with van der Waals surface area (Å²) in [4.78, 5) is 12.0. The molecule has 158 valence electrons. The molecule has 1 saturated heterocycles. The number of halogens is 1. The molecule has 2 aliphatic rings. The van der Waals surface area contributed by atoms with Crippen LogP contribution in [0, 0.1) is 5.92 Å². The quantitative estimate of drug-likeness (QED) is 0.594. The molecule has 7 heteroatoms. The molecule has 1 aromatic heterocycles. The number of ether oxygens (including phenoxy) is 2. The smallest absolute Gasteiger partial charge is 0.231 e. The minimum Gasteiger partial charge on any atom is -0.454 e. The van der Waals surface area contributed by atoms with Crippen molar-refractivity contribution in [3.05, 3.63) is 47.0 Å². The van der Waals surface area contributed by atoms with Crippen LogP contribution in [-0.2, 0) is 6.54 Å². The molecule has 30 heavy (non-hydrogen) atoms. The number of anilines is 2. The summed E-state index contributed by atoms with van der Waals surface area (Å²) in [5, 5.41) is 5.07. The number of rotatable bonds is 4. The van der Waals surface area contributed by atoms with E-state index in [0.29, 0.717) is 11.6 Å². The van der Waals surface area contributed by atoms with Crippen molar-refractivity contribution >= 4 is 34.3 Å². The molecule has 0 saturated carbocycles. The molecule has 0 bridgehead atoms. The number of hydrogen-bond acceptors (Lipinski definition) is 6. The van der Waals surface area contributed by atoms with Gasteiger partial charge in [0.15, 0.2) is 11.5 Å². The molecular formula is C23H27ClN4O2. The van der Waals surface area contributed by atoms with E-state index in [1.54, 1.807) is 0 Å². The molecule has 0 spiro atoms. The Morgan fingerprint density at radius 2 is 1.87 bits per heavy atom. The van der Waals surface area contributed by atoms with Gasteiger partial charge in [0.25, 0.3) is 0 Å². The van der Waals surface area contributed by atoms with Gasteiger partial charge in [-0.1, -0.05) is 32.0 Å². The number of aromatic nitrogens is 2. The van der Waals surface area contributed by atoms with Crippen molar-refractivity contribution in [2.24, 2.45) is 5.92 Å². The Kier molecular flexibility index (Phi) is 5.86. The van der Waals surface area contributed by atoms with Crippen LogP contribution < -0.4 is 19.7 Å². The van der Waals surface area contributed by atoms with Gasteiger partial charge in [0.05, 0.1) is 5.52 Å². The zero-order valence-electron chi connectivity index (χ0n) is 16.3. The van der Waals surface area contributed by atoms with Gasteiger partial charge >= 0.3 is 0 Å². The van der Waals surface area contributed by atoms with E-state index in [4.69, 9.17) is 31.0 Å². The minimum atomic E-state index is 0. The number of fused-ring (bicyclic) bond motifs is 2. The third kappa shape index (κ3) is 4.10. The SMILES string of the molecule is C.CC1CCN(c2nc(NCc3ccc4c(c3)OCO4)c3cc(Cl)ccc3n2)CC1. The average Bonchev–Trinajstić information content (AvgIpc) is 3.20. The van der Waals surface area contributed by atoms with E-state index in [2.05, 4.69) is 17.1 Å². The van der Waals surface area contributed by atoms with Gasteiger partial charge in [-0.25, -0.2) is 4.98 Å². The first-order valence-electron chi connectivity index (χ1n) is 10.0. The van der Waals surface area contributed by atoms with Gasteiger partial charge in [-0.05, 0) is 54.7 Å². The van der Waals surface area contributed by atoms with Crippen LogP contribution in [0.4, 0.5) is 11.8 Å². The van der Waals surface area contributed by atoms with Gasteiger partial charge in [0.1, 0.15) is 5.82 Å². The van der Waals surface area contributed by atoms with Crippen molar-refractivity contribution in [3.63, 3.8) is 0 Å². The summed E-state index contributed by atoms with van der Waals surface area (Å²) in [6.07, 6.45) is 2.34. The fourth-order valence-electron chi connectivity index (χ4n) is 3.81. The van der Waals surface area contributed by atoms with Gasteiger partial charge in [0, 0.05) is 30.0 Å². The first-order valence-corrected chi connectivity index (χ1v) is 10.4. The fourth-order valence-corrected chi connectivity index (χ4v) is 3.98. The van der Waals surface area contributed by atoms with E-state index in [9.17, 15) is 0 Å². The highest BCUT2D eigenvalue weighted by molar-refractivity contribution is 6.31. The van der Waals surface area contributed by atoms with E-state index in [1.165, 1.54) is 12.8 Å². The Bertz CT molecular complexity index is 1050. The lowest BCUT2D eigenvalue weighted by atomic mass is 10.00. The van der Waals surface area contributed by atoms with Crippen molar-refractivity contribution in [2.75, 3.05) is 30.1 Å². The number of nitrogens with zero attached hydrogens (tertiary/aromatic N) is 3. The second-order valence-electron chi connectivity index (χ2n) is 7.74. The van der Waals surface area contributed by atoms with E-state index in [-0.39, 0.29) is 14.2 Å². The number of nitrogens with one attached hydrogen (secondary N) is 1. The summed E-state index contributed by atoms with van der Waals surface area (Å²) in [7, 11) is 0. The predicted molar refractivity (Wildman–Crippen MR) is 122 cm³/mol. The summed E-state index contributed by atoms with van der Waals surface area (Å²) >= 11 is 6.25. The third-order valence-corrected chi connectivity index (χ3v) is 5.84. The maximum absolute atomic E-state index is 6.25. The summed E-state index contributed by atoms with van der Waals surface area (Å²) in [5.41, 5.74) is 1.99. The molecule has 0 aliphatic carbocycles.